The number of benzene rings is 1. The van der Waals surface area contributed by atoms with Crippen LogP contribution in [0.15, 0.2) is 18.2 Å². The Labute approximate surface area is 122 Å². The predicted molar refractivity (Wildman–Crippen MR) is 83.4 cm³/mol. The Morgan fingerprint density at radius 1 is 1.40 bits per heavy atom. The molecular formula is C14H22N2O3S. The van der Waals surface area contributed by atoms with Gasteiger partial charge in [0.05, 0.1) is 12.8 Å². The monoisotopic (exact) mass is 298 g/mol. The van der Waals surface area contributed by atoms with Crippen molar-refractivity contribution in [3.05, 3.63) is 18.2 Å². The summed E-state index contributed by atoms with van der Waals surface area (Å²) in [5, 5.41) is 2.74. The highest BCUT2D eigenvalue weighted by atomic mass is 32.2. The van der Waals surface area contributed by atoms with Crippen LogP contribution in [0.3, 0.4) is 0 Å². The van der Waals surface area contributed by atoms with Crippen molar-refractivity contribution in [3.63, 3.8) is 0 Å². The number of carbonyl (C=O) groups is 1. The zero-order valence-corrected chi connectivity index (χ0v) is 13.2. The number of rotatable bonds is 5. The summed E-state index contributed by atoms with van der Waals surface area (Å²) in [5.74, 6) is 0.660. The molecule has 0 aliphatic carbocycles. The van der Waals surface area contributed by atoms with E-state index in [1.54, 1.807) is 18.2 Å². The number of ether oxygens (including phenoxy) is 1. The van der Waals surface area contributed by atoms with E-state index in [1.807, 2.05) is 20.8 Å². The van der Waals surface area contributed by atoms with Gasteiger partial charge in [-0.05, 0) is 32.9 Å². The predicted octanol–water partition coefficient (Wildman–Crippen LogP) is 2.15. The molecule has 0 saturated carbocycles. The average molecular weight is 298 g/mol. The minimum absolute atomic E-state index is 0.189. The first kappa shape index (κ1) is 16.5. The van der Waals surface area contributed by atoms with Gasteiger partial charge in [0.15, 0.2) is 0 Å². The molecule has 0 heterocycles. The van der Waals surface area contributed by atoms with Crippen molar-refractivity contribution in [1.82, 2.24) is 0 Å². The Balaban J connectivity index is 2.61. The molecule has 112 valence electrons. The molecule has 3 N–H and O–H groups in total. The van der Waals surface area contributed by atoms with Crippen LogP contribution in [-0.2, 0) is 15.6 Å². The number of amides is 1. The summed E-state index contributed by atoms with van der Waals surface area (Å²) in [6.45, 7) is 5.68. The second-order valence-electron chi connectivity index (χ2n) is 5.42. The zero-order valence-electron chi connectivity index (χ0n) is 12.4. The minimum atomic E-state index is -1.04. The number of nitrogen functional groups attached to an aromatic ring is 1. The molecule has 1 amide bonds. The molecule has 6 heteroatoms. The van der Waals surface area contributed by atoms with Gasteiger partial charge in [0, 0.05) is 39.5 Å². The Kier molecular flexibility index (Phi) is 5.56. The smallest absolute Gasteiger partial charge is 0.225 e. The number of nitrogens with two attached hydrogens (primary N) is 1. The second-order valence-corrected chi connectivity index (χ2v) is 7.74. The first-order valence-corrected chi connectivity index (χ1v) is 7.68. The fourth-order valence-corrected chi connectivity index (χ4v) is 2.50. The largest absolute Gasteiger partial charge is 0.494 e. The van der Waals surface area contributed by atoms with Crippen molar-refractivity contribution in [3.8, 4) is 5.75 Å². The molecule has 0 radical (unpaired) electrons. The van der Waals surface area contributed by atoms with Crippen molar-refractivity contribution < 1.29 is 13.7 Å². The van der Waals surface area contributed by atoms with E-state index in [2.05, 4.69) is 5.32 Å². The molecule has 0 saturated heterocycles. The second kappa shape index (κ2) is 6.74. The molecule has 1 unspecified atom stereocenters. The van der Waals surface area contributed by atoms with Gasteiger partial charge < -0.3 is 15.8 Å². The van der Waals surface area contributed by atoms with Gasteiger partial charge >= 0.3 is 0 Å². The average Bonchev–Trinajstić information content (AvgIpc) is 2.36. The summed E-state index contributed by atoms with van der Waals surface area (Å²) in [6, 6.07) is 5.02. The molecule has 1 aromatic rings. The maximum Gasteiger partial charge on any atom is 0.225 e. The van der Waals surface area contributed by atoms with Gasteiger partial charge in [-0.25, -0.2) is 0 Å². The highest BCUT2D eigenvalue weighted by Gasteiger charge is 2.20. The van der Waals surface area contributed by atoms with E-state index in [4.69, 9.17) is 10.5 Å². The van der Waals surface area contributed by atoms with Crippen LogP contribution in [0.4, 0.5) is 11.4 Å². The minimum Gasteiger partial charge on any atom is -0.494 e. The molecular weight excluding hydrogens is 276 g/mol. The van der Waals surface area contributed by atoms with E-state index in [0.29, 0.717) is 22.9 Å². The molecule has 0 fully saturated rings. The van der Waals surface area contributed by atoms with E-state index in [9.17, 15) is 9.00 Å². The Bertz CT molecular complexity index is 510. The molecule has 1 rings (SSSR count). The van der Waals surface area contributed by atoms with Crippen LogP contribution in [-0.4, -0.2) is 27.7 Å². The van der Waals surface area contributed by atoms with E-state index >= 15 is 0 Å². The Morgan fingerprint density at radius 2 is 2.05 bits per heavy atom. The van der Waals surface area contributed by atoms with Crippen LogP contribution in [0.2, 0.25) is 0 Å². The molecule has 0 aromatic heterocycles. The molecule has 1 aromatic carbocycles. The fraction of sp³-hybridized carbons (Fsp3) is 0.500. The van der Waals surface area contributed by atoms with Gasteiger partial charge in [0.25, 0.3) is 0 Å². The van der Waals surface area contributed by atoms with Crippen LogP contribution in [0, 0.1) is 0 Å². The third-order valence-electron chi connectivity index (χ3n) is 2.70. The van der Waals surface area contributed by atoms with Gasteiger partial charge in [-0.3, -0.25) is 9.00 Å². The van der Waals surface area contributed by atoms with Crippen LogP contribution in [0.5, 0.6) is 5.75 Å². The molecule has 0 aliphatic heterocycles. The molecule has 0 bridgehead atoms. The zero-order chi connectivity index (χ0) is 15.3. The van der Waals surface area contributed by atoms with Crippen molar-refractivity contribution >= 4 is 28.1 Å². The molecule has 0 aliphatic rings. The number of anilines is 2. The van der Waals surface area contributed by atoms with E-state index in [0.717, 1.165) is 0 Å². The highest BCUT2D eigenvalue weighted by molar-refractivity contribution is 7.86. The SMILES string of the molecule is COc1cc(N)ccc1NC(=O)CCS(=O)C(C)(C)C. The quantitative estimate of drug-likeness (QED) is 0.816. The standard InChI is InChI=1S/C14H22N2O3S/c1-14(2,3)20(18)8-7-13(17)16-11-6-5-10(15)9-12(11)19-4/h5-6,9H,7-8,15H2,1-4H3,(H,16,17). The number of nitrogens with one attached hydrogen (secondary N) is 1. The molecule has 1 atom stereocenters. The summed E-state index contributed by atoms with van der Waals surface area (Å²) in [6.07, 6.45) is 0.206. The lowest BCUT2D eigenvalue weighted by molar-refractivity contribution is -0.115. The number of hydrogen-bond acceptors (Lipinski definition) is 4. The van der Waals surface area contributed by atoms with Gasteiger partial charge in [-0.1, -0.05) is 0 Å². The lowest BCUT2D eigenvalue weighted by atomic mass is 10.2. The van der Waals surface area contributed by atoms with Gasteiger partial charge in [-0.2, -0.15) is 0 Å². The Hall–Kier alpha value is -1.56. The first-order valence-electron chi connectivity index (χ1n) is 6.36. The topological polar surface area (TPSA) is 81.4 Å². The highest BCUT2D eigenvalue weighted by Crippen LogP contribution is 2.26. The normalized spacial score (nSPS) is 12.8. The van der Waals surface area contributed by atoms with Crippen molar-refractivity contribution in [2.24, 2.45) is 0 Å². The first-order chi connectivity index (χ1) is 9.24. The number of carbonyl (C=O) groups excluding carboxylic acids is 1. The Morgan fingerprint density at radius 3 is 2.60 bits per heavy atom. The van der Waals surface area contributed by atoms with E-state index in [1.165, 1.54) is 7.11 Å². The van der Waals surface area contributed by atoms with Crippen LogP contribution >= 0.6 is 0 Å². The third kappa shape index (κ3) is 4.85. The summed E-state index contributed by atoms with van der Waals surface area (Å²) in [5.41, 5.74) is 6.77. The van der Waals surface area contributed by atoms with E-state index < -0.39 is 10.8 Å². The molecule has 20 heavy (non-hydrogen) atoms. The summed E-state index contributed by atoms with van der Waals surface area (Å²) in [7, 11) is 0.474. The van der Waals surface area contributed by atoms with Crippen LogP contribution < -0.4 is 15.8 Å². The summed E-state index contributed by atoms with van der Waals surface area (Å²) < 4.78 is 16.7. The van der Waals surface area contributed by atoms with Crippen molar-refractivity contribution in [1.29, 1.82) is 0 Å². The third-order valence-corrected chi connectivity index (χ3v) is 4.64. The van der Waals surface area contributed by atoms with Gasteiger partial charge in [0.2, 0.25) is 5.91 Å². The fourth-order valence-electron chi connectivity index (χ4n) is 1.52. The summed E-state index contributed by atoms with van der Waals surface area (Å²) in [4.78, 5) is 11.9. The lowest BCUT2D eigenvalue weighted by Gasteiger charge is -2.17. The maximum atomic E-state index is 11.9. The maximum absolute atomic E-state index is 11.9. The molecule has 5 nitrogen and oxygen atoms in total. The van der Waals surface area contributed by atoms with Crippen molar-refractivity contribution in [2.75, 3.05) is 23.9 Å². The van der Waals surface area contributed by atoms with Gasteiger partial charge in [-0.15, -0.1) is 0 Å². The van der Waals surface area contributed by atoms with Crippen LogP contribution in [0.25, 0.3) is 0 Å². The molecule has 0 spiro atoms. The summed E-state index contributed by atoms with van der Waals surface area (Å²) >= 11 is 0. The van der Waals surface area contributed by atoms with Crippen LogP contribution in [0.1, 0.15) is 27.2 Å². The number of methoxy groups -OCH3 is 1. The lowest BCUT2D eigenvalue weighted by Crippen LogP contribution is -2.26. The number of hydrogen-bond donors (Lipinski definition) is 2. The van der Waals surface area contributed by atoms with Gasteiger partial charge in [0.1, 0.15) is 5.75 Å². The van der Waals surface area contributed by atoms with Crippen molar-refractivity contribution in [2.45, 2.75) is 31.9 Å². The van der Waals surface area contributed by atoms with E-state index in [-0.39, 0.29) is 17.1 Å².